The summed E-state index contributed by atoms with van der Waals surface area (Å²) in [5, 5.41) is 0. The molecule has 0 amide bonds. The summed E-state index contributed by atoms with van der Waals surface area (Å²) in [7, 11) is 6.07. The van der Waals surface area contributed by atoms with E-state index < -0.39 is 0 Å². The number of benzene rings is 2. The van der Waals surface area contributed by atoms with E-state index in [2.05, 4.69) is 13.0 Å². The monoisotopic (exact) mass is 405 g/mol. The van der Waals surface area contributed by atoms with E-state index in [0.717, 1.165) is 45.3 Å². The molecule has 2 N–H and O–H groups in total. The Labute approximate surface area is 184 Å². The molecule has 31 heavy (non-hydrogen) atoms. The van der Waals surface area contributed by atoms with Gasteiger partial charge in [0.2, 0.25) is 7.98 Å². The van der Waals surface area contributed by atoms with E-state index in [4.69, 9.17) is 23.4 Å². The van der Waals surface area contributed by atoms with Crippen molar-refractivity contribution in [3.63, 3.8) is 0 Å². The second kappa shape index (κ2) is 9.50. The van der Waals surface area contributed by atoms with Crippen molar-refractivity contribution < 1.29 is 4.74 Å². The second-order valence-electron chi connectivity index (χ2n) is 7.35. The highest BCUT2D eigenvalue weighted by Crippen LogP contribution is 2.31. The Hall–Kier alpha value is -3.57. The Balaban J connectivity index is 1.57. The minimum atomic E-state index is 0.534. The molecule has 2 radical (unpaired) electrons. The van der Waals surface area contributed by atoms with Crippen LogP contribution in [-0.4, -0.2) is 24.7 Å². The molecule has 1 aliphatic rings. The molecular weight excluding hydrogens is 381 g/mol. The fourth-order valence-corrected chi connectivity index (χ4v) is 3.58. The number of hydrogen-bond acceptors (Lipinski definition) is 3. The maximum absolute atomic E-state index is 6.07. The van der Waals surface area contributed by atoms with Gasteiger partial charge in [-0.3, -0.25) is 0 Å². The van der Waals surface area contributed by atoms with Crippen molar-refractivity contribution in [1.29, 1.82) is 0 Å². The fraction of sp³-hybridized carbons (Fsp3) is 0.115. The molecule has 3 aromatic rings. The highest BCUT2D eigenvalue weighted by Gasteiger charge is 2.16. The van der Waals surface area contributed by atoms with Crippen molar-refractivity contribution in [3.8, 4) is 11.5 Å². The van der Waals surface area contributed by atoms with Crippen LogP contribution >= 0.6 is 0 Å². The van der Waals surface area contributed by atoms with Gasteiger partial charge in [-0.05, 0) is 85.8 Å². The number of nitrogens with two attached hydrogens (primary N) is 1. The molecule has 2 aromatic carbocycles. The maximum atomic E-state index is 6.07. The molecule has 0 unspecified atom stereocenters. The SMILES string of the molecule is [B]n1cccc1C(CCN)=C1N=C(C=Cc2cccc(Oc3ccccc3)c2)C=C1C. The molecule has 1 aliphatic heterocycles. The average molecular weight is 405 g/mol. The van der Waals surface area contributed by atoms with E-state index in [1.165, 1.54) is 0 Å². The van der Waals surface area contributed by atoms with E-state index in [9.17, 15) is 0 Å². The summed E-state index contributed by atoms with van der Waals surface area (Å²) >= 11 is 0. The lowest BCUT2D eigenvalue weighted by atomic mass is 10.0. The van der Waals surface area contributed by atoms with Crippen molar-refractivity contribution in [1.82, 2.24) is 4.48 Å². The third kappa shape index (κ3) is 4.96. The van der Waals surface area contributed by atoms with Crippen molar-refractivity contribution in [3.05, 3.63) is 108 Å². The molecule has 4 nitrogen and oxygen atoms in total. The molecule has 0 atom stereocenters. The summed E-state index contributed by atoms with van der Waals surface area (Å²) in [5.41, 5.74) is 11.8. The van der Waals surface area contributed by atoms with E-state index >= 15 is 0 Å². The van der Waals surface area contributed by atoms with Crippen molar-refractivity contribution in [2.24, 2.45) is 10.7 Å². The number of allylic oxidation sites excluding steroid dienone is 3. The van der Waals surface area contributed by atoms with Crippen LogP contribution < -0.4 is 10.5 Å². The zero-order valence-electron chi connectivity index (χ0n) is 17.5. The van der Waals surface area contributed by atoms with E-state index in [1.807, 2.05) is 85.1 Å². The Morgan fingerprint density at radius 3 is 2.58 bits per heavy atom. The lowest BCUT2D eigenvalue weighted by molar-refractivity contribution is 0.482. The molecule has 5 heteroatoms. The van der Waals surface area contributed by atoms with Crippen LogP contribution in [0.3, 0.4) is 0 Å². The van der Waals surface area contributed by atoms with Gasteiger partial charge in [-0.15, -0.1) is 0 Å². The van der Waals surface area contributed by atoms with Crippen molar-refractivity contribution >= 4 is 25.3 Å². The number of hydrogen-bond donors (Lipinski definition) is 1. The summed E-state index contributed by atoms with van der Waals surface area (Å²) in [5.74, 6) is 1.61. The fourth-order valence-electron chi connectivity index (χ4n) is 3.58. The van der Waals surface area contributed by atoms with Crippen LogP contribution in [0.2, 0.25) is 0 Å². The molecular formula is C26H24BN3O. The highest BCUT2D eigenvalue weighted by molar-refractivity contribution is 6.11. The number of aromatic nitrogens is 1. The molecule has 152 valence electrons. The number of ether oxygens (including phenoxy) is 1. The largest absolute Gasteiger partial charge is 0.457 e. The van der Waals surface area contributed by atoms with Gasteiger partial charge >= 0.3 is 0 Å². The lowest BCUT2D eigenvalue weighted by Crippen LogP contribution is -2.05. The predicted molar refractivity (Wildman–Crippen MR) is 129 cm³/mol. The van der Waals surface area contributed by atoms with Gasteiger partial charge in [-0.1, -0.05) is 36.4 Å². The van der Waals surface area contributed by atoms with Gasteiger partial charge < -0.3 is 14.9 Å². The van der Waals surface area contributed by atoms with Gasteiger partial charge in [0.15, 0.2) is 0 Å². The molecule has 0 saturated heterocycles. The molecule has 1 aromatic heterocycles. The van der Waals surface area contributed by atoms with Crippen LogP contribution in [0.5, 0.6) is 11.5 Å². The summed E-state index contributed by atoms with van der Waals surface area (Å²) in [6.07, 6.45) is 8.67. The minimum absolute atomic E-state index is 0.534. The van der Waals surface area contributed by atoms with Gasteiger partial charge in [-0.2, -0.15) is 0 Å². The molecule has 0 fully saturated rings. The molecule has 0 bridgehead atoms. The first-order chi connectivity index (χ1) is 15.1. The maximum Gasteiger partial charge on any atom is 0.234 e. The van der Waals surface area contributed by atoms with Gasteiger partial charge in [0.05, 0.1) is 11.4 Å². The second-order valence-corrected chi connectivity index (χ2v) is 7.35. The Morgan fingerprint density at radius 1 is 1.03 bits per heavy atom. The third-order valence-electron chi connectivity index (χ3n) is 5.03. The summed E-state index contributed by atoms with van der Waals surface area (Å²) in [6.45, 7) is 2.60. The van der Waals surface area contributed by atoms with Crippen LogP contribution in [0.15, 0.2) is 101 Å². The van der Waals surface area contributed by atoms with Gasteiger partial charge in [-0.25, -0.2) is 4.99 Å². The number of rotatable bonds is 7. The van der Waals surface area contributed by atoms with Crippen LogP contribution in [0.25, 0.3) is 11.6 Å². The van der Waals surface area contributed by atoms with Gasteiger partial charge in [0.1, 0.15) is 11.5 Å². The molecule has 0 saturated carbocycles. The lowest BCUT2D eigenvalue weighted by Gasteiger charge is -2.11. The van der Waals surface area contributed by atoms with Gasteiger partial charge in [0, 0.05) is 11.3 Å². The topological polar surface area (TPSA) is 52.5 Å². The zero-order chi connectivity index (χ0) is 21.6. The number of nitrogens with zero attached hydrogens (tertiary/aromatic N) is 2. The Kier molecular flexibility index (Phi) is 6.34. The zero-order valence-corrected chi connectivity index (χ0v) is 17.5. The van der Waals surface area contributed by atoms with Crippen LogP contribution in [0, 0.1) is 0 Å². The summed E-state index contributed by atoms with van der Waals surface area (Å²) in [4.78, 5) is 4.85. The minimum Gasteiger partial charge on any atom is -0.457 e. The average Bonchev–Trinajstić information content (AvgIpc) is 3.37. The Bertz CT molecular complexity index is 1190. The first-order valence-electron chi connectivity index (χ1n) is 10.3. The summed E-state index contributed by atoms with van der Waals surface area (Å²) in [6, 6.07) is 21.7. The molecule has 0 spiro atoms. The number of para-hydroxylation sites is 1. The highest BCUT2D eigenvalue weighted by atomic mass is 16.5. The first kappa shape index (κ1) is 20.7. The van der Waals surface area contributed by atoms with Crippen molar-refractivity contribution in [2.45, 2.75) is 13.3 Å². The van der Waals surface area contributed by atoms with E-state index in [0.29, 0.717) is 13.0 Å². The normalized spacial score (nSPS) is 15.2. The standard InChI is InChI=1S/C26H24BN3O/c1-19-17-21(29-26(19)24(14-15-28)25-11-6-16-30(25)27)13-12-20-7-5-10-23(18-20)31-22-8-3-2-4-9-22/h2-13,16-18H,14-15,28H2,1H3. The molecule has 4 rings (SSSR count). The van der Waals surface area contributed by atoms with Crippen LogP contribution in [0.4, 0.5) is 0 Å². The summed E-state index contributed by atoms with van der Waals surface area (Å²) < 4.78 is 7.54. The predicted octanol–water partition coefficient (Wildman–Crippen LogP) is 5.39. The number of aliphatic imine (C=N–C) groups is 1. The quantitative estimate of drug-likeness (QED) is 0.536. The van der Waals surface area contributed by atoms with Crippen LogP contribution in [0.1, 0.15) is 24.6 Å². The van der Waals surface area contributed by atoms with Crippen LogP contribution in [-0.2, 0) is 0 Å². The molecule has 2 heterocycles. The third-order valence-corrected chi connectivity index (χ3v) is 5.03. The Morgan fingerprint density at radius 2 is 1.84 bits per heavy atom. The van der Waals surface area contributed by atoms with Crippen molar-refractivity contribution in [2.75, 3.05) is 6.54 Å². The molecule has 0 aliphatic carbocycles. The van der Waals surface area contributed by atoms with Gasteiger partial charge in [0.25, 0.3) is 0 Å². The smallest absolute Gasteiger partial charge is 0.234 e. The first-order valence-corrected chi connectivity index (χ1v) is 10.3. The van der Waals surface area contributed by atoms with E-state index in [-0.39, 0.29) is 0 Å². The van der Waals surface area contributed by atoms with E-state index in [1.54, 1.807) is 4.48 Å².